The van der Waals surface area contributed by atoms with Gasteiger partial charge < -0.3 is 19.0 Å². The summed E-state index contributed by atoms with van der Waals surface area (Å²) in [4.78, 5) is 38.7. The fourth-order valence-electron chi connectivity index (χ4n) is 3.60. The van der Waals surface area contributed by atoms with Crippen molar-refractivity contribution in [3.8, 4) is 0 Å². The van der Waals surface area contributed by atoms with E-state index in [9.17, 15) is 22.8 Å². The second kappa shape index (κ2) is 8.20. The number of amides is 2. The van der Waals surface area contributed by atoms with Gasteiger partial charge in [-0.15, -0.1) is 0 Å². The normalized spacial score (nSPS) is 18.7. The standard InChI is InChI=1S/C18H22N4O7S/c23-13-19-3-5-21(6-4-19)30(26,27)14-1-2-15-16(11-14)29-18(25)22(15)12-17(24)20-7-9-28-10-8-20/h1-2,11,13H,3-10,12H2. The average molecular weight is 438 g/mol. The number of hydrogen-bond donors (Lipinski definition) is 0. The van der Waals surface area contributed by atoms with Gasteiger partial charge in [-0.25, -0.2) is 13.2 Å². The van der Waals surface area contributed by atoms with Gasteiger partial charge in [-0.2, -0.15) is 4.31 Å². The third-order valence-electron chi connectivity index (χ3n) is 5.36. The van der Waals surface area contributed by atoms with E-state index in [1.54, 1.807) is 4.90 Å². The summed E-state index contributed by atoms with van der Waals surface area (Å²) in [7, 11) is -3.80. The highest BCUT2D eigenvalue weighted by Crippen LogP contribution is 2.22. The fraction of sp³-hybridized carbons (Fsp3) is 0.500. The Balaban J connectivity index is 1.57. The molecule has 2 amide bonds. The molecule has 30 heavy (non-hydrogen) atoms. The number of sulfonamides is 1. The molecule has 11 nitrogen and oxygen atoms in total. The Bertz CT molecular complexity index is 1110. The van der Waals surface area contributed by atoms with Crippen LogP contribution >= 0.6 is 0 Å². The summed E-state index contributed by atoms with van der Waals surface area (Å²) in [5.74, 6) is -0.950. The van der Waals surface area contributed by atoms with Gasteiger partial charge in [0, 0.05) is 45.3 Å². The lowest BCUT2D eigenvalue weighted by Crippen LogP contribution is -2.47. The smallest absolute Gasteiger partial charge is 0.408 e. The molecule has 0 aliphatic carbocycles. The second-order valence-corrected chi connectivity index (χ2v) is 9.06. The number of benzene rings is 1. The number of hydrogen-bond acceptors (Lipinski definition) is 7. The number of carbonyl (C=O) groups is 2. The van der Waals surface area contributed by atoms with Crippen LogP contribution in [-0.2, 0) is 30.9 Å². The molecule has 0 N–H and O–H groups in total. The Morgan fingerprint density at radius 3 is 2.43 bits per heavy atom. The molecule has 2 aromatic rings. The Morgan fingerprint density at radius 2 is 1.77 bits per heavy atom. The first kappa shape index (κ1) is 20.6. The lowest BCUT2D eigenvalue weighted by Gasteiger charge is -2.31. The summed E-state index contributed by atoms with van der Waals surface area (Å²) in [6, 6.07) is 4.17. The number of ether oxygens (including phenoxy) is 1. The summed E-state index contributed by atoms with van der Waals surface area (Å²) in [5.41, 5.74) is 0.453. The van der Waals surface area contributed by atoms with Crippen LogP contribution < -0.4 is 5.76 Å². The third-order valence-corrected chi connectivity index (χ3v) is 7.25. The predicted octanol–water partition coefficient (Wildman–Crippen LogP) is -1.08. The molecule has 2 aliphatic heterocycles. The number of fused-ring (bicyclic) bond motifs is 1. The zero-order valence-electron chi connectivity index (χ0n) is 16.2. The van der Waals surface area contributed by atoms with E-state index in [1.807, 2.05) is 0 Å². The number of piperazine rings is 1. The highest BCUT2D eigenvalue weighted by Gasteiger charge is 2.29. The maximum absolute atomic E-state index is 12.9. The Hall–Kier alpha value is -2.70. The molecular weight excluding hydrogens is 416 g/mol. The van der Waals surface area contributed by atoms with Gasteiger partial charge in [0.1, 0.15) is 6.54 Å². The van der Waals surface area contributed by atoms with E-state index in [2.05, 4.69) is 0 Å². The van der Waals surface area contributed by atoms with Crippen LogP contribution in [0.2, 0.25) is 0 Å². The minimum absolute atomic E-state index is 0.00467. The quantitative estimate of drug-likeness (QED) is 0.544. The molecule has 0 spiro atoms. The van der Waals surface area contributed by atoms with Crippen molar-refractivity contribution in [2.24, 2.45) is 0 Å². The molecule has 0 saturated carbocycles. The Morgan fingerprint density at radius 1 is 1.07 bits per heavy atom. The maximum atomic E-state index is 12.9. The van der Waals surface area contributed by atoms with Crippen molar-refractivity contribution >= 4 is 33.4 Å². The SMILES string of the molecule is O=CN1CCN(S(=O)(=O)c2ccc3c(c2)oc(=O)n3CC(=O)N2CCOCC2)CC1. The molecule has 0 atom stereocenters. The number of rotatable bonds is 5. The van der Waals surface area contributed by atoms with Crippen molar-refractivity contribution in [1.29, 1.82) is 0 Å². The third kappa shape index (κ3) is 3.85. The van der Waals surface area contributed by atoms with Gasteiger partial charge in [-0.05, 0) is 12.1 Å². The van der Waals surface area contributed by atoms with E-state index in [-0.39, 0.29) is 36.0 Å². The van der Waals surface area contributed by atoms with Gasteiger partial charge in [0.25, 0.3) is 0 Å². The molecule has 0 bridgehead atoms. The molecule has 4 rings (SSSR count). The zero-order chi connectivity index (χ0) is 21.3. The first-order valence-corrected chi connectivity index (χ1v) is 11.0. The van der Waals surface area contributed by atoms with Gasteiger partial charge in [-0.3, -0.25) is 14.2 Å². The van der Waals surface area contributed by atoms with Crippen LogP contribution in [0.1, 0.15) is 0 Å². The van der Waals surface area contributed by atoms with Gasteiger partial charge in [-0.1, -0.05) is 0 Å². The fourth-order valence-corrected chi connectivity index (χ4v) is 5.04. The number of aromatic nitrogens is 1. The number of carbonyl (C=O) groups excluding carboxylic acids is 2. The molecule has 2 aliphatic rings. The van der Waals surface area contributed by atoms with Gasteiger partial charge >= 0.3 is 5.76 Å². The van der Waals surface area contributed by atoms with Gasteiger partial charge in [0.2, 0.25) is 22.3 Å². The highest BCUT2D eigenvalue weighted by atomic mass is 32.2. The predicted molar refractivity (Wildman–Crippen MR) is 104 cm³/mol. The average Bonchev–Trinajstić information content (AvgIpc) is 3.08. The minimum Gasteiger partial charge on any atom is -0.408 e. The van der Waals surface area contributed by atoms with E-state index in [4.69, 9.17) is 9.15 Å². The molecule has 2 saturated heterocycles. The van der Waals surface area contributed by atoms with Crippen LogP contribution in [0.4, 0.5) is 0 Å². The molecule has 162 valence electrons. The van der Waals surface area contributed by atoms with Crippen molar-refractivity contribution in [2.45, 2.75) is 11.4 Å². The topological polar surface area (TPSA) is 122 Å². The second-order valence-electron chi connectivity index (χ2n) is 7.12. The van der Waals surface area contributed by atoms with Crippen LogP contribution in [0.5, 0.6) is 0 Å². The lowest BCUT2D eigenvalue weighted by atomic mass is 10.3. The molecular formula is C18H22N4O7S. The molecule has 1 aromatic carbocycles. The molecule has 0 radical (unpaired) electrons. The largest absolute Gasteiger partial charge is 0.420 e. The summed E-state index contributed by atoms with van der Waals surface area (Å²) in [6.45, 7) is 2.67. The first-order chi connectivity index (χ1) is 14.4. The summed E-state index contributed by atoms with van der Waals surface area (Å²) in [5, 5.41) is 0. The molecule has 2 fully saturated rings. The number of nitrogens with zero attached hydrogens (tertiary/aromatic N) is 4. The number of oxazole rings is 1. The summed E-state index contributed by atoms with van der Waals surface area (Å²) in [6.07, 6.45) is 0.700. The first-order valence-electron chi connectivity index (χ1n) is 9.58. The van der Waals surface area contributed by atoms with E-state index in [1.165, 1.54) is 32.0 Å². The Labute approximate surface area is 172 Å². The molecule has 12 heteroatoms. The zero-order valence-corrected chi connectivity index (χ0v) is 17.0. The summed E-state index contributed by atoms with van der Waals surface area (Å²) < 4.78 is 38.8. The van der Waals surface area contributed by atoms with E-state index < -0.39 is 15.8 Å². The lowest BCUT2D eigenvalue weighted by molar-refractivity contribution is -0.135. The maximum Gasteiger partial charge on any atom is 0.420 e. The van der Waals surface area contributed by atoms with Crippen molar-refractivity contribution in [3.05, 3.63) is 28.7 Å². The molecule has 0 unspecified atom stereocenters. The van der Waals surface area contributed by atoms with Crippen LogP contribution in [0.25, 0.3) is 11.1 Å². The molecule has 1 aromatic heterocycles. The number of morpholine rings is 1. The highest BCUT2D eigenvalue weighted by molar-refractivity contribution is 7.89. The van der Waals surface area contributed by atoms with Crippen molar-refractivity contribution in [1.82, 2.24) is 18.7 Å². The van der Waals surface area contributed by atoms with Crippen molar-refractivity contribution < 1.29 is 27.2 Å². The van der Waals surface area contributed by atoms with E-state index >= 15 is 0 Å². The van der Waals surface area contributed by atoms with Crippen LogP contribution in [0.15, 0.2) is 32.3 Å². The Kier molecular flexibility index (Phi) is 5.62. The van der Waals surface area contributed by atoms with Crippen molar-refractivity contribution in [2.75, 3.05) is 52.5 Å². The summed E-state index contributed by atoms with van der Waals surface area (Å²) >= 11 is 0. The van der Waals surface area contributed by atoms with Crippen LogP contribution in [-0.4, -0.2) is 91.9 Å². The van der Waals surface area contributed by atoms with Gasteiger partial charge in [0.05, 0.1) is 23.6 Å². The van der Waals surface area contributed by atoms with Crippen molar-refractivity contribution in [3.63, 3.8) is 0 Å². The monoisotopic (exact) mass is 438 g/mol. The van der Waals surface area contributed by atoms with E-state index in [0.717, 1.165) is 0 Å². The van der Waals surface area contributed by atoms with E-state index in [0.29, 0.717) is 51.3 Å². The van der Waals surface area contributed by atoms with Crippen LogP contribution in [0, 0.1) is 0 Å². The molecule has 3 heterocycles. The minimum atomic E-state index is -3.80. The van der Waals surface area contributed by atoms with Crippen LogP contribution in [0.3, 0.4) is 0 Å². The van der Waals surface area contributed by atoms with Gasteiger partial charge in [0.15, 0.2) is 5.58 Å².